The third kappa shape index (κ3) is 24.5. The third-order valence-electron chi connectivity index (χ3n) is 13.6. The molecule has 8 amide bonds. The molecule has 3 fully saturated rings. The molecule has 1 aromatic carbocycles. The summed E-state index contributed by atoms with van der Waals surface area (Å²) >= 11 is 0. The first-order valence-corrected chi connectivity index (χ1v) is 28.3. The van der Waals surface area contributed by atoms with E-state index in [0.717, 1.165) is 4.90 Å². The second-order valence-electron chi connectivity index (χ2n) is 20.3. The molecule has 16 unspecified atom stereocenters. The van der Waals surface area contributed by atoms with Crippen LogP contribution in [0.1, 0.15) is 44.0 Å². The van der Waals surface area contributed by atoms with Gasteiger partial charge in [-0.2, -0.15) is 0 Å². The number of hydrogen-bond donors (Lipinski definition) is 16. The quantitative estimate of drug-likeness (QED) is 0.0273. The summed E-state index contributed by atoms with van der Waals surface area (Å²) in [5.74, 6) is -4.95. The van der Waals surface area contributed by atoms with Crippen LogP contribution in [0, 0.1) is 0 Å². The number of ether oxygens (including phenoxy) is 10. The van der Waals surface area contributed by atoms with Crippen molar-refractivity contribution in [3.8, 4) is 5.75 Å². The minimum absolute atomic E-state index is 0.0996. The molecular formula is C53H86N8O27. The number of benzene rings is 1. The molecule has 3 aliphatic rings. The summed E-state index contributed by atoms with van der Waals surface area (Å²) in [5.41, 5.74) is 0.127. The van der Waals surface area contributed by atoms with Crippen LogP contribution in [0.5, 0.6) is 5.75 Å². The van der Waals surface area contributed by atoms with Crippen LogP contribution in [0.2, 0.25) is 0 Å². The fourth-order valence-electron chi connectivity index (χ4n) is 9.08. The summed E-state index contributed by atoms with van der Waals surface area (Å²) in [5, 5.41) is 109. The molecule has 0 aliphatic carbocycles. The first-order chi connectivity index (χ1) is 42.0. The number of aliphatic hydroxyl groups is 9. The minimum Gasteiger partial charge on any atom is -0.497 e. The van der Waals surface area contributed by atoms with Crippen LogP contribution < -0.4 is 42.0 Å². The van der Waals surface area contributed by atoms with E-state index in [2.05, 4.69) is 37.2 Å². The Morgan fingerprint density at radius 1 is 0.511 bits per heavy atom. The Hall–Kier alpha value is -5.94. The minimum atomic E-state index is -1.54. The number of nitrogens with zero attached hydrogens (tertiary/aromatic N) is 1. The monoisotopic (exact) mass is 1270 g/mol. The molecule has 35 heteroatoms. The van der Waals surface area contributed by atoms with Gasteiger partial charge in [-0.25, -0.2) is 0 Å². The highest BCUT2D eigenvalue weighted by molar-refractivity contribution is 5.98. The maximum absolute atomic E-state index is 14.0. The third-order valence-corrected chi connectivity index (χ3v) is 13.6. The summed E-state index contributed by atoms with van der Waals surface area (Å²) in [6, 6.07) is 0.971. The van der Waals surface area contributed by atoms with Crippen LogP contribution >= 0.6 is 0 Å². The maximum atomic E-state index is 14.0. The van der Waals surface area contributed by atoms with Crippen LogP contribution in [0.3, 0.4) is 0 Å². The number of methoxy groups -OCH3 is 1. The summed E-state index contributed by atoms with van der Waals surface area (Å²) in [6.07, 6.45) is -17.5. The Morgan fingerprint density at radius 2 is 0.875 bits per heavy atom. The van der Waals surface area contributed by atoms with E-state index in [0.29, 0.717) is 5.75 Å². The predicted molar refractivity (Wildman–Crippen MR) is 295 cm³/mol. The van der Waals surface area contributed by atoms with E-state index < -0.39 is 185 Å². The van der Waals surface area contributed by atoms with Gasteiger partial charge in [0.15, 0.2) is 18.9 Å². The van der Waals surface area contributed by atoms with Crippen molar-refractivity contribution in [1.82, 2.24) is 42.1 Å². The van der Waals surface area contributed by atoms with E-state index in [9.17, 15) is 84.3 Å². The molecule has 3 saturated heterocycles. The van der Waals surface area contributed by atoms with Gasteiger partial charge < -0.3 is 135 Å². The van der Waals surface area contributed by atoms with Gasteiger partial charge >= 0.3 is 0 Å². The highest BCUT2D eigenvalue weighted by Gasteiger charge is 2.48. The molecule has 88 heavy (non-hydrogen) atoms. The van der Waals surface area contributed by atoms with Gasteiger partial charge in [0.05, 0.1) is 86.4 Å². The van der Waals surface area contributed by atoms with Crippen molar-refractivity contribution in [3.63, 3.8) is 0 Å². The first kappa shape index (κ1) is 74.5. The maximum Gasteiger partial charge on any atom is 0.251 e. The number of amides is 8. The van der Waals surface area contributed by atoms with Crippen LogP contribution in [0.15, 0.2) is 24.3 Å². The van der Waals surface area contributed by atoms with Gasteiger partial charge in [0.2, 0.25) is 41.4 Å². The standard InChI is InChI=1S/C53H86N8O27/c1-28(65)57-40-46(74)43(71)34(25-62)86-51(40)83-20-17-80-14-11-54-37(68)23-61(24-38(69)55-12-15-81-18-21-84-52-41(58-29(2)66)47(75)44(72)35(26-63)87-52)39(70)10-9-33(60-49(77)31-5-7-32(79-4)8-6-31)50(78)56-13-16-82-19-22-85-53-42(59-30(3)67)48(76)45(73)36(27-64)88-53/h5-8,33-36,40-48,51-53,62-64,71-76H,9-27H2,1-4H3,(H,54,68)(H,55,69)(H,56,78)(H,57,65)(H,58,66)(H,59,67)(H,60,77). The molecule has 1 aromatic rings. The van der Waals surface area contributed by atoms with E-state index in [1.807, 2.05) is 0 Å². The van der Waals surface area contributed by atoms with Crippen molar-refractivity contribution < 1.29 is 132 Å². The van der Waals surface area contributed by atoms with Crippen LogP contribution in [-0.4, -0.2) is 315 Å². The largest absolute Gasteiger partial charge is 0.497 e. The summed E-state index contributed by atoms with van der Waals surface area (Å²) < 4.78 is 55.2. The Labute approximate surface area is 506 Å². The van der Waals surface area contributed by atoms with Gasteiger partial charge in [0.25, 0.3) is 5.91 Å². The predicted octanol–water partition coefficient (Wildman–Crippen LogP) is -9.32. The van der Waals surface area contributed by atoms with Crippen molar-refractivity contribution >= 4 is 47.3 Å². The van der Waals surface area contributed by atoms with Gasteiger partial charge in [-0.05, 0) is 30.7 Å². The summed E-state index contributed by atoms with van der Waals surface area (Å²) in [7, 11) is 1.43. The number of hydrogen-bond acceptors (Lipinski definition) is 27. The SMILES string of the molecule is COc1ccc(C(=O)NC(CCC(=O)N(CC(=O)NCCOCCOC2OC(CO)C(O)C(O)C2NC(C)=O)CC(=O)NCCOCCOC2OC(CO)C(O)C(O)C2NC(C)=O)C(=O)NCCOCCOC2OC(CO)C(O)C(O)C2NC(C)=O)cc1. The van der Waals surface area contributed by atoms with Gasteiger partial charge in [0.1, 0.15) is 97.9 Å². The molecule has 0 radical (unpaired) electrons. The lowest BCUT2D eigenvalue weighted by molar-refractivity contribution is -0.272. The zero-order valence-corrected chi connectivity index (χ0v) is 49.3. The Morgan fingerprint density at radius 3 is 1.22 bits per heavy atom. The summed E-state index contributed by atoms with van der Waals surface area (Å²) in [4.78, 5) is 104. The number of carbonyl (C=O) groups is 8. The molecule has 16 N–H and O–H groups in total. The second kappa shape index (κ2) is 39.2. The fraction of sp³-hybridized carbons (Fsp3) is 0.736. The highest BCUT2D eigenvalue weighted by Crippen LogP contribution is 2.25. The van der Waals surface area contributed by atoms with E-state index in [-0.39, 0.29) is 91.1 Å². The normalized spacial score (nSPS) is 27.2. The van der Waals surface area contributed by atoms with Crippen LogP contribution in [0.25, 0.3) is 0 Å². The molecule has 35 nitrogen and oxygen atoms in total. The van der Waals surface area contributed by atoms with Crippen LogP contribution in [-0.2, 0) is 76.2 Å². The number of nitrogens with one attached hydrogen (secondary N) is 7. The average Bonchev–Trinajstić information content (AvgIpc) is 1.53. The van der Waals surface area contributed by atoms with Crippen molar-refractivity contribution in [2.75, 3.05) is 119 Å². The van der Waals surface area contributed by atoms with Crippen LogP contribution in [0.4, 0.5) is 0 Å². The van der Waals surface area contributed by atoms with E-state index in [1.54, 1.807) is 0 Å². The lowest BCUT2D eigenvalue weighted by Gasteiger charge is -2.42. The molecule has 0 spiro atoms. The number of aliphatic hydroxyl groups excluding tert-OH is 9. The molecule has 3 aliphatic heterocycles. The molecule has 0 aromatic heterocycles. The molecule has 0 bridgehead atoms. The number of rotatable bonds is 38. The Balaban J connectivity index is 1.36. The fourth-order valence-corrected chi connectivity index (χ4v) is 9.08. The average molecular weight is 1270 g/mol. The Kier molecular flexibility index (Phi) is 33.2. The topological polar surface area (TPSA) is 498 Å². The van der Waals surface area contributed by atoms with Gasteiger partial charge in [-0.3, -0.25) is 38.4 Å². The first-order valence-electron chi connectivity index (χ1n) is 28.3. The lowest BCUT2D eigenvalue weighted by atomic mass is 9.97. The molecule has 4 rings (SSSR count). The summed E-state index contributed by atoms with van der Waals surface area (Å²) in [6.45, 7) is -1.25. The molecule has 500 valence electrons. The van der Waals surface area contributed by atoms with Gasteiger partial charge in [0, 0.05) is 52.4 Å². The highest BCUT2D eigenvalue weighted by atomic mass is 16.7. The lowest BCUT2D eigenvalue weighted by Crippen LogP contribution is -2.64. The number of carbonyl (C=O) groups excluding carboxylic acids is 8. The smallest absolute Gasteiger partial charge is 0.251 e. The molecule has 0 saturated carbocycles. The molecule has 16 atom stereocenters. The zero-order valence-electron chi connectivity index (χ0n) is 49.3. The zero-order chi connectivity index (χ0) is 64.9. The molecule has 3 heterocycles. The van der Waals surface area contributed by atoms with Gasteiger partial charge in [-0.1, -0.05) is 0 Å². The van der Waals surface area contributed by atoms with Crippen molar-refractivity contribution in [2.45, 2.75) is 132 Å². The van der Waals surface area contributed by atoms with Gasteiger partial charge in [-0.15, -0.1) is 0 Å². The second-order valence-corrected chi connectivity index (χ2v) is 20.3. The van der Waals surface area contributed by atoms with E-state index in [1.165, 1.54) is 52.1 Å². The van der Waals surface area contributed by atoms with Crippen molar-refractivity contribution in [2.24, 2.45) is 0 Å². The van der Waals surface area contributed by atoms with Crippen molar-refractivity contribution in [1.29, 1.82) is 0 Å². The molecular weight excluding hydrogens is 1180 g/mol. The Bertz CT molecular complexity index is 2260. The van der Waals surface area contributed by atoms with E-state index in [4.69, 9.17) is 47.4 Å². The van der Waals surface area contributed by atoms with Crippen molar-refractivity contribution in [3.05, 3.63) is 29.8 Å². The van der Waals surface area contributed by atoms with E-state index >= 15 is 0 Å².